The highest BCUT2D eigenvalue weighted by molar-refractivity contribution is 5.67. The number of nitrogens with zero attached hydrogens (tertiary/aromatic N) is 1. The molecule has 2 N–H and O–H groups in total. The fraction of sp³-hybridized carbons (Fsp3) is 0.412. The van der Waals surface area contributed by atoms with Crippen LogP contribution in [0.5, 0.6) is 0 Å². The summed E-state index contributed by atoms with van der Waals surface area (Å²) in [6.45, 7) is 6.91. The van der Waals surface area contributed by atoms with E-state index in [1.807, 2.05) is 18.2 Å². The molecule has 124 valence electrons. The number of benzene rings is 1. The van der Waals surface area contributed by atoms with Crippen LogP contribution in [-0.4, -0.2) is 24.8 Å². The minimum atomic E-state index is -0.510. The first-order valence-corrected chi connectivity index (χ1v) is 7.33. The second-order valence-corrected chi connectivity index (χ2v) is 5.91. The zero-order valence-corrected chi connectivity index (χ0v) is 13.6. The van der Waals surface area contributed by atoms with Gasteiger partial charge < -0.3 is 15.4 Å². The minimum absolute atomic E-state index is 0.0430. The summed E-state index contributed by atoms with van der Waals surface area (Å²) in [5, 5.41) is 14.5. The number of carbonyl (C=O) groups excluding carboxylic acids is 1. The average molecular weight is 319 g/mol. The van der Waals surface area contributed by atoms with Crippen molar-refractivity contribution in [3.8, 4) is 6.07 Å². The number of ether oxygens (including phenoxy) is 1. The lowest BCUT2D eigenvalue weighted by molar-refractivity contribution is 0.0534. The van der Waals surface area contributed by atoms with E-state index < -0.39 is 17.5 Å². The van der Waals surface area contributed by atoms with E-state index in [-0.39, 0.29) is 5.56 Å². The third-order valence-corrected chi connectivity index (χ3v) is 2.67. The Labute approximate surface area is 136 Å². The first kappa shape index (κ1) is 18.7. The van der Waals surface area contributed by atoms with Crippen LogP contribution in [0.1, 0.15) is 31.9 Å². The molecule has 0 bridgehead atoms. The summed E-state index contributed by atoms with van der Waals surface area (Å²) in [6.07, 6.45) is 3.22. The van der Waals surface area contributed by atoms with Crippen molar-refractivity contribution in [3.63, 3.8) is 0 Å². The molecule has 23 heavy (non-hydrogen) atoms. The van der Waals surface area contributed by atoms with E-state index in [4.69, 9.17) is 10.00 Å². The van der Waals surface area contributed by atoms with Crippen molar-refractivity contribution in [1.29, 1.82) is 5.26 Å². The van der Waals surface area contributed by atoms with Crippen molar-refractivity contribution in [2.24, 2.45) is 0 Å². The maximum Gasteiger partial charge on any atom is 0.407 e. The summed E-state index contributed by atoms with van der Waals surface area (Å²) in [5.74, 6) is -0.510. The van der Waals surface area contributed by atoms with E-state index in [0.29, 0.717) is 19.6 Å². The van der Waals surface area contributed by atoms with E-state index >= 15 is 0 Å². The molecule has 0 radical (unpaired) electrons. The Morgan fingerprint density at radius 2 is 2.04 bits per heavy atom. The quantitative estimate of drug-likeness (QED) is 0.624. The van der Waals surface area contributed by atoms with Crippen molar-refractivity contribution in [1.82, 2.24) is 10.6 Å². The molecule has 0 aliphatic carbocycles. The number of halogens is 1. The number of hydrogen-bond donors (Lipinski definition) is 2. The average Bonchev–Trinajstić information content (AvgIpc) is 2.46. The van der Waals surface area contributed by atoms with E-state index in [9.17, 15) is 9.18 Å². The Morgan fingerprint density at radius 3 is 2.70 bits per heavy atom. The van der Waals surface area contributed by atoms with Gasteiger partial charge in [0, 0.05) is 19.6 Å². The number of hydrogen-bond acceptors (Lipinski definition) is 4. The molecule has 0 atom stereocenters. The zero-order chi connectivity index (χ0) is 17.3. The highest BCUT2D eigenvalue weighted by Gasteiger charge is 2.14. The van der Waals surface area contributed by atoms with Gasteiger partial charge in [0.2, 0.25) is 0 Å². The van der Waals surface area contributed by atoms with Crippen LogP contribution in [-0.2, 0) is 11.3 Å². The maximum atomic E-state index is 13.2. The molecule has 0 aliphatic heterocycles. The number of nitriles is 1. The number of rotatable bonds is 6. The first-order chi connectivity index (χ1) is 10.8. The highest BCUT2D eigenvalue weighted by Crippen LogP contribution is 2.09. The largest absolute Gasteiger partial charge is 0.444 e. The predicted octanol–water partition coefficient (Wildman–Crippen LogP) is 2.87. The minimum Gasteiger partial charge on any atom is -0.444 e. The third-order valence-electron chi connectivity index (χ3n) is 2.67. The van der Waals surface area contributed by atoms with E-state index in [1.165, 1.54) is 12.1 Å². The molecule has 1 amide bonds. The zero-order valence-electron chi connectivity index (χ0n) is 13.6. The normalized spacial score (nSPS) is 11.3. The molecule has 0 unspecified atom stereocenters. The van der Waals surface area contributed by atoms with Crippen LogP contribution in [0.3, 0.4) is 0 Å². The summed E-state index contributed by atoms with van der Waals surface area (Å²) in [6, 6.07) is 6.26. The molecule has 0 aromatic heterocycles. The maximum absolute atomic E-state index is 13.2. The number of alkyl carbamates (subject to hydrolysis) is 1. The third kappa shape index (κ3) is 7.98. The van der Waals surface area contributed by atoms with Gasteiger partial charge in [-0.15, -0.1) is 0 Å². The summed E-state index contributed by atoms with van der Waals surface area (Å²) in [4.78, 5) is 11.4. The fourth-order valence-corrected chi connectivity index (χ4v) is 1.69. The van der Waals surface area contributed by atoms with Gasteiger partial charge in [-0.1, -0.05) is 18.2 Å². The van der Waals surface area contributed by atoms with Crippen LogP contribution < -0.4 is 10.6 Å². The Morgan fingerprint density at radius 1 is 1.35 bits per heavy atom. The van der Waals surface area contributed by atoms with Crippen LogP contribution in [0.2, 0.25) is 0 Å². The molecule has 1 aromatic carbocycles. The molecular formula is C17H22FN3O2. The lowest BCUT2D eigenvalue weighted by Crippen LogP contribution is -2.32. The molecule has 0 spiro atoms. The number of amides is 1. The number of carbonyl (C=O) groups is 1. The summed E-state index contributed by atoms with van der Waals surface area (Å²) < 4.78 is 18.3. The van der Waals surface area contributed by atoms with Crippen molar-refractivity contribution in [2.75, 3.05) is 13.1 Å². The molecule has 6 heteroatoms. The van der Waals surface area contributed by atoms with E-state index in [1.54, 1.807) is 26.8 Å². The monoisotopic (exact) mass is 319 g/mol. The van der Waals surface area contributed by atoms with Gasteiger partial charge in [-0.05, 0) is 38.5 Å². The lowest BCUT2D eigenvalue weighted by Gasteiger charge is -2.19. The van der Waals surface area contributed by atoms with Crippen molar-refractivity contribution in [3.05, 3.63) is 47.3 Å². The van der Waals surface area contributed by atoms with Crippen LogP contribution in [0.15, 0.2) is 30.4 Å². The van der Waals surface area contributed by atoms with Gasteiger partial charge in [-0.2, -0.15) is 5.26 Å². The smallest absolute Gasteiger partial charge is 0.407 e. The SMILES string of the molecule is CC(C)(C)OC(=O)NC/C=C/CNCc1ccc(F)c(C#N)c1. The van der Waals surface area contributed by atoms with Crippen LogP contribution in [0, 0.1) is 17.1 Å². The molecule has 1 aromatic rings. The van der Waals surface area contributed by atoms with Crippen molar-refractivity contribution >= 4 is 6.09 Å². The number of nitrogens with one attached hydrogen (secondary N) is 2. The topological polar surface area (TPSA) is 74.2 Å². The second-order valence-electron chi connectivity index (χ2n) is 5.91. The Kier molecular flexibility index (Phi) is 7.23. The first-order valence-electron chi connectivity index (χ1n) is 7.33. The summed E-state index contributed by atoms with van der Waals surface area (Å²) >= 11 is 0. The van der Waals surface area contributed by atoms with Crippen molar-refractivity contribution in [2.45, 2.75) is 32.9 Å². The molecule has 0 aliphatic rings. The van der Waals surface area contributed by atoms with E-state index in [0.717, 1.165) is 5.56 Å². The summed E-state index contributed by atoms with van der Waals surface area (Å²) in [5.41, 5.74) is 0.372. The Hall–Kier alpha value is -2.39. The second kappa shape index (κ2) is 8.91. The van der Waals surface area contributed by atoms with Gasteiger partial charge in [0.15, 0.2) is 0 Å². The molecule has 0 saturated carbocycles. The van der Waals surface area contributed by atoms with Gasteiger partial charge in [0.05, 0.1) is 5.56 Å². The van der Waals surface area contributed by atoms with Gasteiger partial charge in [-0.3, -0.25) is 0 Å². The van der Waals surface area contributed by atoms with Crippen molar-refractivity contribution < 1.29 is 13.9 Å². The van der Waals surface area contributed by atoms with Gasteiger partial charge in [-0.25, -0.2) is 9.18 Å². The molecule has 0 heterocycles. The van der Waals surface area contributed by atoms with Gasteiger partial charge >= 0.3 is 6.09 Å². The van der Waals surface area contributed by atoms with Crippen LogP contribution in [0.4, 0.5) is 9.18 Å². The fourth-order valence-electron chi connectivity index (χ4n) is 1.69. The molecule has 5 nitrogen and oxygen atoms in total. The lowest BCUT2D eigenvalue weighted by atomic mass is 10.1. The van der Waals surface area contributed by atoms with Crippen LogP contribution in [0.25, 0.3) is 0 Å². The molecule has 0 fully saturated rings. The Bertz CT molecular complexity index is 601. The Balaban J connectivity index is 2.22. The van der Waals surface area contributed by atoms with Gasteiger partial charge in [0.1, 0.15) is 17.5 Å². The predicted molar refractivity (Wildman–Crippen MR) is 86.2 cm³/mol. The molecular weight excluding hydrogens is 297 g/mol. The van der Waals surface area contributed by atoms with Crippen LogP contribution >= 0.6 is 0 Å². The van der Waals surface area contributed by atoms with Gasteiger partial charge in [0.25, 0.3) is 0 Å². The molecule has 1 rings (SSSR count). The molecule has 0 saturated heterocycles. The summed E-state index contributed by atoms with van der Waals surface area (Å²) in [7, 11) is 0. The van der Waals surface area contributed by atoms with E-state index in [2.05, 4.69) is 10.6 Å². The highest BCUT2D eigenvalue weighted by atomic mass is 19.1. The standard InChI is InChI=1S/C17H22FN3O2/c1-17(2,3)23-16(22)21-9-5-4-8-20-12-13-6-7-15(18)14(10-13)11-19/h4-7,10,20H,8-9,12H2,1-3H3,(H,21,22)/b5-4+.